The second kappa shape index (κ2) is 7.21. The first-order chi connectivity index (χ1) is 10.2. The third-order valence-electron chi connectivity index (χ3n) is 2.74. The zero-order chi connectivity index (χ0) is 15.1. The Kier molecular flexibility index (Phi) is 5.06. The number of amides is 1. The van der Waals surface area contributed by atoms with Crippen molar-refractivity contribution in [3.8, 4) is 5.75 Å². The summed E-state index contributed by atoms with van der Waals surface area (Å²) >= 11 is 0. The number of carbonyl (C=O) groups excluding carboxylic acids is 1. The summed E-state index contributed by atoms with van der Waals surface area (Å²) in [6.45, 7) is 0.294. The highest BCUT2D eigenvalue weighted by molar-refractivity contribution is 5.91. The molecule has 0 atom stereocenters. The Morgan fingerprint density at radius 1 is 1.24 bits per heavy atom. The maximum atomic E-state index is 13.0. The molecule has 21 heavy (non-hydrogen) atoms. The summed E-state index contributed by atoms with van der Waals surface area (Å²) in [4.78, 5) is 11.0. The van der Waals surface area contributed by atoms with E-state index in [2.05, 4.69) is 0 Å². The van der Waals surface area contributed by atoms with Crippen molar-refractivity contribution in [2.24, 2.45) is 5.84 Å². The fourth-order valence-corrected chi connectivity index (χ4v) is 1.69. The summed E-state index contributed by atoms with van der Waals surface area (Å²) < 4.78 is 18.6. The van der Waals surface area contributed by atoms with Crippen molar-refractivity contribution in [3.63, 3.8) is 0 Å². The zero-order valence-electron chi connectivity index (χ0n) is 11.3. The third kappa shape index (κ3) is 4.74. The first-order valence-corrected chi connectivity index (χ1v) is 6.33. The molecule has 2 aromatic rings. The average Bonchev–Trinajstić information content (AvgIpc) is 2.51. The Hall–Kier alpha value is -2.66. The molecule has 108 valence electrons. The lowest BCUT2D eigenvalue weighted by Gasteiger charge is -2.06. The van der Waals surface area contributed by atoms with Crippen LogP contribution in [0.2, 0.25) is 0 Å². The molecule has 0 spiro atoms. The number of nitrogens with two attached hydrogens (primary N) is 1. The van der Waals surface area contributed by atoms with Gasteiger partial charge in [-0.25, -0.2) is 10.2 Å². The molecule has 0 bridgehead atoms. The van der Waals surface area contributed by atoms with Gasteiger partial charge in [0.2, 0.25) is 0 Å². The van der Waals surface area contributed by atoms with Gasteiger partial charge < -0.3 is 4.74 Å². The molecule has 0 heterocycles. The summed E-state index contributed by atoms with van der Waals surface area (Å²) in [7, 11) is 0. The number of carbonyl (C=O) groups is 1. The molecule has 4 nitrogen and oxygen atoms in total. The highest BCUT2D eigenvalue weighted by Gasteiger charge is 1.98. The molecule has 0 unspecified atom stereocenters. The Balaban J connectivity index is 1.93. The highest BCUT2D eigenvalue weighted by Crippen LogP contribution is 2.15. The molecule has 0 aliphatic rings. The number of rotatable bonds is 5. The van der Waals surface area contributed by atoms with E-state index in [4.69, 9.17) is 10.6 Å². The SMILES string of the molecule is NNC(=O)/C=C/c1ccc(OCc2cccc(F)c2)cc1. The predicted octanol–water partition coefficient (Wildman–Crippen LogP) is 2.41. The first kappa shape index (κ1) is 14.7. The molecule has 0 aromatic heterocycles. The molecule has 5 heteroatoms. The van der Waals surface area contributed by atoms with Gasteiger partial charge in [0, 0.05) is 6.08 Å². The number of hydrogen-bond acceptors (Lipinski definition) is 3. The van der Waals surface area contributed by atoms with Crippen LogP contribution in [0.5, 0.6) is 5.75 Å². The van der Waals surface area contributed by atoms with E-state index in [9.17, 15) is 9.18 Å². The molecule has 0 aliphatic carbocycles. The standard InChI is InChI=1S/C16H15FN2O2/c17-14-3-1-2-13(10-14)11-21-15-7-4-12(5-8-15)6-9-16(20)19-18/h1-10H,11,18H2,(H,19,20)/b9-6+. The fraction of sp³-hybridized carbons (Fsp3) is 0.0625. The van der Waals surface area contributed by atoms with Crippen LogP contribution in [-0.2, 0) is 11.4 Å². The highest BCUT2D eigenvalue weighted by atomic mass is 19.1. The Morgan fingerprint density at radius 3 is 2.67 bits per heavy atom. The summed E-state index contributed by atoms with van der Waals surface area (Å²) in [5.41, 5.74) is 3.62. The van der Waals surface area contributed by atoms with E-state index < -0.39 is 0 Å². The quantitative estimate of drug-likeness (QED) is 0.384. The van der Waals surface area contributed by atoms with E-state index in [1.54, 1.807) is 42.5 Å². The molecule has 0 saturated carbocycles. The van der Waals surface area contributed by atoms with E-state index in [1.165, 1.54) is 18.2 Å². The number of benzene rings is 2. The predicted molar refractivity (Wildman–Crippen MR) is 78.5 cm³/mol. The molecule has 2 rings (SSSR count). The monoisotopic (exact) mass is 286 g/mol. The second-order valence-electron chi connectivity index (χ2n) is 4.33. The lowest BCUT2D eigenvalue weighted by atomic mass is 10.2. The van der Waals surface area contributed by atoms with Crippen molar-refractivity contribution in [1.82, 2.24) is 5.43 Å². The number of hydrogen-bond donors (Lipinski definition) is 2. The summed E-state index contributed by atoms with van der Waals surface area (Å²) in [5, 5.41) is 0. The van der Waals surface area contributed by atoms with Gasteiger partial charge >= 0.3 is 0 Å². The first-order valence-electron chi connectivity index (χ1n) is 6.33. The van der Waals surface area contributed by atoms with Crippen molar-refractivity contribution >= 4 is 12.0 Å². The smallest absolute Gasteiger partial charge is 0.257 e. The van der Waals surface area contributed by atoms with E-state index in [1.807, 2.05) is 5.43 Å². The van der Waals surface area contributed by atoms with Crippen LogP contribution in [-0.4, -0.2) is 5.91 Å². The summed E-state index contributed by atoms with van der Waals surface area (Å²) in [6, 6.07) is 13.4. The van der Waals surface area contributed by atoms with Crippen molar-refractivity contribution in [2.45, 2.75) is 6.61 Å². The maximum absolute atomic E-state index is 13.0. The molecular weight excluding hydrogens is 271 g/mol. The lowest BCUT2D eigenvalue weighted by Crippen LogP contribution is -2.27. The van der Waals surface area contributed by atoms with Gasteiger partial charge in [-0.1, -0.05) is 24.3 Å². The molecule has 2 aromatic carbocycles. The minimum atomic E-state index is -0.374. The third-order valence-corrected chi connectivity index (χ3v) is 2.74. The lowest BCUT2D eigenvalue weighted by molar-refractivity contribution is -0.116. The van der Waals surface area contributed by atoms with Crippen LogP contribution in [0.4, 0.5) is 4.39 Å². The minimum Gasteiger partial charge on any atom is -0.489 e. The number of halogens is 1. The van der Waals surface area contributed by atoms with Gasteiger partial charge in [0.05, 0.1) is 0 Å². The molecule has 0 aliphatic heterocycles. The number of hydrazine groups is 1. The second-order valence-corrected chi connectivity index (χ2v) is 4.33. The summed E-state index contributed by atoms with van der Waals surface area (Å²) in [5.74, 6) is 4.98. The number of ether oxygens (including phenoxy) is 1. The van der Waals surface area contributed by atoms with E-state index in [-0.39, 0.29) is 11.7 Å². The topological polar surface area (TPSA) is 64.3 Å². The maximum Gasteiger partial charge on any atom is 0.257 e. The van der Waals surface area contributed by atoms with Crippen LogP contribution in [0.3, 0.4) is 0 Å². The van der Waals surface area contributed by atoms with Gasteiger partial charge in [0.25, 0.3) is 5.91 Å². The van der Waals surface area contributed by atoms with Crippen LogP contribution < -0.4 is 16.0 Å². The van der Waals surface area contributed by atoms with Crippen LogP contribution >= 0.6 is 0 Å². The van der Waals surface area contributed by atoms with Crippen LogP contribution in [0.15, 0.2) is 54.6 Å². The van der Waals surface area contributed by atoms with Crippen molar-refractivity contribution in [1.29, 1.82) is 0 Å². The van der Waals surface area contributed by atoms with Crippen LogP contribution in [0, 0.1) is 5.82 Å². The Labute approximate surface area is 122 Å². The van der Waals surface area contributed by atoms with Crippen molar-refractivity contribution in [2.75, 3.05) is 0 Å². The van der Waals surface area contributed by atoms with E-state index >= 15 is 0 Å². The molecule has 0 radical (unpaired) electrons. The zero-order valence-corrected chi connectivity index (χ0v) is 11.3. The average molecular weight is 286 g/mol. The molecular formula is C16H15FN2O2. The Morgan fingerprint density at radius 2 is 2.00 bits per heavy atom. The van der Waals surface area contributed by atoms with E-state index in [0.29, 0.717) is 12.4 Å². The van der Waals surface area contributed by atoms with Crippen LogP contribution in [0.25, 0.3) is 6.08 Å². The Bertz CT molecular complexity index is 639. The number of nitrogens with one attached hydrogen (secondary N) is 1. The van der Waals surface area contributed by atoms with Crippen molar-refractivity contribution < 1.29 is 13.9 Å². The van der Waals surface area contributed by atoms with Gasteiger partial charge in [-0.3, -0.25) is 10.2 Å². The molecule has 0 saturated heterocycles. The molecule has 0 fully saturated rings. The fourth-order valence-electron chi connectivity index (χ4n) is 1.69. The van der Waals surface area contributed by atoms with Crippen molar-refractivity contribution in [3.05, 3.63) is 71.6 Å². The largest absolute Gasteiger partial charge is 0.489 e. The minimum absolute atomic E-state index is 0.283. The molecule has 1 amide bonds. The van der Waals surface area contributed by atoms with Gasteiger partial charge in [-0.15, -0.1) is 0 Å². The van der Waals surface area contributed by atoms with Gasteiger partial charge in [-0.2, -0.15) is 0 Å². The van der Waals surface area contributed by atoms with Gasteiger partial charge in [0.1, 0.15) is 18.2 Å². The van der Waals surface area contributed by atoms with Gasteiger partial charge in [0.15, 0.2) is 0 Å². The van der Waals surface area contributed by atoms with Gasteiger partial charge in [-0.05, 0) is 41.5 Å². The molecule has 3 N–H and O–H groups in total. The van der Waals surface area contributed by atoms with Crippen LogP contribution in [0.1, 0.15) is 11.1 Å². The van der Waals surface area contributed by atoms with E-state index in [0.717, 1.165) is 11.1 Å². The summed E-state index contributed by atoms with van der Waals surface area (Å²) in [6.07, 6.45) is 2.97. The normalized spacial score (nSPS) is 10.6.